The smallest absolute Gasteiger partial charge is 0.271 e. The van der Waals surface area contributed by atoms with Crippen LogP contribution in [0.1, 0.15) is 44.9 Å². The molecule has 1 aliphatic rings. The molecule has 2 amide bonds. The van der Waals surface area contributed by atoms with E-state index in [-0.39, 0.29) is 17.2 Å². The van der Waals surface area contributed by atoms with E-state index in [2.05, 4.69) is 10.5 Å². The molecular formula is C33H30ClN3O4S. The van der Waals surface area contributed by atoms with Gasteiger partial charge in [-0.1, -0.05) is 66.2 Å². The van der Waals surface area contributed by atoms with Crippen molar-refractivity contribution < 1.29 is 19.1 Å². The maximum Gasteiger partial charge on any atom is 0.271 e. The lowest BCUT2D eigenvalue weighted by Gasteiger charge is -2.24. The molecule has 0 aromatic heterocycles. The number of halogens is 1. The molecule has 0 saturated carbocycles. The van der Waals surface area contributed by atoms with Gasteiger partial charge in [-0.15, -0.1) is 11.8 Å². The SMILES string of the molecule is CCOc1cc(/C=N\NC(=O)c2ccc([C@H]3SCC(=O)N3Cc3ccccc3)cc2)ccc1OCc1ccc(Cl)cc1. The normalized spacial score (nSPS) is 14.8. The number of nitrogens with one attached hydrogen (secondary N) is 1. The number of thioether (sulfide) groups is 1. The van der Waals surface area contributed by atoms with Crippen LogP contribution in [0.25, 0.3) is 0 Å². The zero-order valence-electron chi connectivity index (χ0n) is 23.0. The summed E-state index contributed by atoms with van der Waals surface area (Å²) >= 11 is 7.55. The number of rotatable bonds is 11. The van der Waals surface area contributed by atoms with E-state index in [1.807, 2.05) is 96.8 Å². The molecule has 1 fully saturated rings. The van der Waals surface area contributed by atoms with Gasteiger partial charge in [-0.3, -0.25) is 9.59 Å². The molecule has 4 aromatic rings. The molecule has 0 unspecified atom stereocenters. The fourth-order valence-electron chi connectivity index (χ4n) is 4.44. The zero-order valence-corrected chi connectivity index (χ0v) is 24.6. The highest BCUT2D eigenvalue weighted by Gasteiger charge is 2.32. The molecule has 0 bridgehead atoms. The van der Waals surface area contributed by atoms with Crippen molar-refractivity contribution in [2.24, 2.45) is 5.10 Å². The molecule has 1 aliphatic heterocycles. The van der Waals surface area contributed by atoms with E-state index in [1.165, 1.54) is 0 Å². The van der Waals surface area contributed by atoms with Crippen LogP contribution in [0.4, 0.5) is 0 Å². The Morgan fingerprint density at radius 1 is 0.976 bits per heavy atom. The molecule has 214 valence electrons. The summed E-state index contributed by atoms with van der Waals surface area (Å²) in [7, 11) is 0. The van der Waals surface area contributed by atoms with Crippen LogP contribution in [0.5, 0.6) is 11.5 Å². The Bertz CT molecular complexity index is 1550. The second-order valence-corrected chi connectivity index (χ2v) is 11.1. The minimum atomic E-state index is -0.331. The number of hydrogen-bond acceptors (Lipinski definition) is 6. The third-order valence-electron chi connectivity index (χ3n) is 6.58. The fraction of sp³-hybridized carbons (Fsp3) is 0.182. The molecule has 1 saturated heterocycles. The molecule has 0 spiro atoms. The second kappa shape index (κ2) is 14.1. The molecule has 42 heavy (non-hydrogen) atoms. The molecule has 0 radical (unpaired) electrons. The summed E-state index contributed by atoms with van der Waals surface area (Å²) in [5.74, 6) is 1.41. The van der Waals surface area contributed by atoms with Crippen molar-refractivity contribution in [3.63, 3.8) is 0 Å². The van der Waals surface area contributed by atoms with Gasteiger partial charge in [0.15, 0.2) is 11.5 Å². The lowest BCUT2D eigenvalue weighted by molar-refractivity contribution is -0.128. The van der Waals surface area contributed by atoms with Gasteiger partial charge in [0.2, 0.25) is 5.91 Å². The van der Waals surface area contributed by atoms with Crippen molar-refractivity contribution in [1.82, 2.24) is 10.3 Å². The summed E-state index contributed by atoms with van der Waals surface area (Å²) < 4.78 is 11.7. The van der Waals surface area contributed by atoms with Crippen molar-refractivity contribution in [3.05, 3.63) is 130 Å². The predicted molar refractivity (Wildman–Crippen MR) is 167 cm³/mol. The maximum atomic E-state index is 12.7. The van der Waals surface area contributed by atoms with E-state index in [1.54, 1.807) is 30.1 Å². The van der Waals surface area contributed by atoms with Crippen molar-refractivity contribution in [1.29, 1.82) is 0 Å². The zero-order chi connectivity index (χ0) is 29.3. The Labute approximate surface area is 254 Å². The molecule has 1 heterocycles. The van der Waals surface area contributed by atoms with Gasteiger partial charge in [-0.05, 0) is 71.6 Å². The van der Waals surface area contributed by atoms with Gasteiger partial charge >= 0.3 is 0 Å². The van der Waals surface area contributed by atoms with E-state index >= 15 is 0 Å². The number of carbonyl (C=O) groups is 2. The van der Waals surface area contributed by atoms with Crippen molar-refractivity contribution in [3.8, 4) is 11.5 Å². The Morgan fingerprint density at radius 2 is 1.74 bits per heavy atom. The van der Waals surface area contributed by atoms with E-state index in [0.29, 0.717) is 47.6 Å². The van der Waals surface area contributed by atoms with Crippen LogP contribution in [-0.4, -0.2) is 35.3 Å². The summed E-state index contributed by atoms with van der Waals surface area (Å²) in [4.78, 5) is 27.2. The van der Waals surface area contributed by atoms with Gasteiger partial charge in [-0.25, -0.2) is 5.43 Å². The highest BCUT2D eigenvalue weighted by molar-refractivity contribution is 8.00. The van der Waals surface area contributed by atoms with Gasteiger partial charge in [0.1, 0.15) is 12.0 Å². The summed E-state index contributed by atoms with van der Waals surface area (Å²) in [5.41, 5.74) is 6.85. The second-order valence-electron chi connectivity index (χ2n) is 9.55. The Kier molecular flexibility index (Phi) is 9.79. The third-order valence-corrected chi connectivity index (χ3v) is 8.08. The Hall–Kier alpha value is -4.27. The van der Waals surface area contributed by atoms with Gasteiger partial charge in [-0.2, -0.15) is 5.10 Å². The van der Waals surface area contributed by atoms with Crippen LogP contribution in [0.3, 0.4) is 0 Å². The molecule has 7 nitrogen and oxygen atoms in total. The van der Waals surface area contributed by atoms with Crippen molar-refractivity contribution >= 4 is 41.4 Å². The minimum absolute atomic E-state index is 0.0921. The van der Waals surface area contributed by atoms with Crippen molar-refractivity contribution in [2.75, 3.05) is 12.4 Å². The topological polar surface area (TPSA) is 80.2 Å². The fourth-order valence-corrected chi connectivity index (χ4v) is 5.76. The van der Waals surface area contributed by atoms with E-state index in [9.17, 15) is 9.59 Å². The van der Waals surface area contributed by atoms with Crippen molar-refractivity contribution in [2.45, 2.75) is 25.4 Å². The van der Waals surface area contributed by atoms with Crippen LogP contribution < -0.4 is 14.9 Å². The third kappa shape index (κ3) is 7.51. The first kappa shape index (κ1) is 29.2. The van der Waals surface area contributed by atoms with E-state index in [0.717, 1.165) is 22.3 Å². The van der Waals surface area contributed by atoms with Crippen LogP contribution in [0.2, 0.25) is 5.02 Å². The number of amides is 2. The van der Waals surface area contributed by atoms with Crippen LogP contribution in [0.15, 0.2) is 102 Å². The summed E-state index contributed by atoms with van der Waals surface area (Å²) in [6.07, 6.45) is 1.56. The molecule has 4 aromatic carbocycles. The highest BCUT2D eigenvalue weighted by atomic mass is 35.5. The lowest BCUT2D eigenvalue weighted by atomic mass is 10.1. The number of nitrogens with zero attached hydrogens (tertiary/aromatic N) is 2. The number of hydrazone groups is 1. The van der Waals surface area contributed by atoms with Gasteiger partial charge < -0.3 is 14.4 Å². The largest absolute Gasteiger partial charge is 0.490 e. The Balaban J connectivity index is 1.18. The van der Waals surface area contributed by atoms with Gasteiger partial charge in [0.25, 0.3) is 5.91 Å². The lowest BCUT2D eigenvalue weighted by Crippen LogP contribution is -2.27. The number of carbonyl (C=O) groups excluding carboxylic acids is 2. The molecular weight excluding hydrogens is 570 g/mol. The highest BCUT2D eigenvalue weighted by Crippen LogP contribution is 2.39. The molecule has 1 atom stereocenters. The molecule has 5 rings (SSSR count). The van der Waals surface area contributed by atoms with E-state index < -0.39 is 0 Å². The standard InChI is InChI=1S/C33H30ClN3O4S/c1-2-40-30-18-25(10-17-29(30)41-21-24-8-15-28(34)16-9-24)19-35-36-32(39)26-11-13-27(14-12-26)33-37(31(38)22-42-33)20-23-6-4-3-5-7-23/h3-19,33H,2,20-22H2,1H3,(H,36,39)/b35-19-/t33-/m1/s1. The minimum Gasteiger partial charge on any atom is -0.490 e. The first-order valence-electron chi connectivity index (χ1n) is 13.5. The first-order valence-corrected chi connectivity index (χ1v) is 15.0. The van der Waals surface area contributed by atoms with Crippen LogP contribution >= 0.6 is 23.4 Å². The average molecular weight is 600 g/mol. The van der Waals surface area contributed by atoms with Gasteiger partial charge in [0.05, 0.1) is 18.6 Å². The average Bonchev–Trinajstić information content (AvgIpc) is 3.37. The molecule has 0 aliphatic carbocycles. The molecule has 9 heteroatoms. The Morgan fingerprint density at radius 3 is 2.48 bits per heavy atom. The predicted octanol–water partition coefficient (Wildman–Crippen LogP) is 6.86. The van der Waals surface area contributed by atoms with Crippen LogP contribution in [0, 0.1) is 0 Å². The summed E-state index contributed by atoms with van der Waals surface area (Å²) in [6.45, 7) is 3.30. The van der Waals surface area contributed by atoms with Crippen LogP contribution in [-0.2, 0) is 17.9 Å². The summed E-state index contributed by atoms with van der Waals surface area (Å²) in [6, 6.07) is 30.2. The van der Waals surface area contributed by atoms with E-state index in [4.69, 9.17) is 21.1 Å². The first-order chi connectivity index (χ1) is 20.5. The number of ether oxygens (including phenoxy) is 2. The maximum absolute atomic E-state index is 12.7. The number of benzene rings is 4. The van der Waals surface area contributed by atoms with Gasteiger partial charge in [0, 0.05) is 17.1 Å². The quantitative estimate of drug-likeness (QED) is 0.151. The molecule has 1 N–H and O–H groups in total. The monoisotopic (exact) mass is 599 g/mol. The number of hydrogen-bond donors (Lipinski definition) is 1. The summed E-state index contributed by atoms with van der Waals surface area (Å²) in [5, 5.41) is 4.71.